The molecule has 0 spiro atoms. The molecule has 1 aliphatic rings. The number of anilines is 1. The summed E-state index contributed by atoms with van der Waals surface area (Å²) in [6, 6.07) is 3.88. The zero-order chi connectivity index (χ0) is 22.1. The fourth-order valence-corrected chi connectivity index (χ4v) is 3.42. The van der Waals surface area contributed by atoms with Gasteiger partial charge in [-0.3, -0.25) is 4.90 Å². The Morgan fingerprint density at radius 1 is 1.10 bits per heavy atom. The van der Waals surface area contributed by atoms with Gasteiger partial charge in [0, 0.05) is 44.2 Å². The van der Waals surface area contributed by atoms with Gasteiger partial charge in [0.25, 0.3) is 5.09 Å². The third-order valence-corrected chi connectivity index (χ3v) is 4.85. The van der Waals surface area contributed by atoms with Crippen LogP contribution in [0.4, 0.5) is 5.82 Å². The van der Waals surface area contributed by atoms with Gasteiger partial charge in [0.2, 0.25) is 0 Å². The van der Waals surface area contributed by atoms with Gasteiger partial charge in [0.15, 0.2) is 11.5 Å². The molecule has 1 saturated heterocycles. The highest BCUT2D eigenvalue weighted by molar-refractivity contribution is 5.92. The number of unbranched alkanes of at least 4 members (excludes halogenated alkanes) is 1. The van der Waals surface area contributed by atoms with Crippen LogP contribution in [0.3, 0.4) is 0 Å². The normalized spacial score (nSPS) is 14.2. The molecule has 0 amide bonds. The maximum atomic E-state index is 8.93. The molecule has 1 aromatic heterocycles. The van der Waals surface area contributed by atoms with Gasteiger partial charge < -0.3 is 24.7 Å². The van der Waals surface area contributed by atoms with E-state index < -0.39 is 5.09 Å². The summed E-state index contributed by atoms with van der Waals surface area (Å²) in [5.41, 5.74) is 0.871. The Morgan fingerprint density at radius 3 is 2.27 bits per heavy atom. The van der Waals surface area contributed by atoms with Crippen molar-refractivity contribution in [1.29, 1.82) is 0 Å². The topological polar surface area (TPSA) is 134 Å². The highest BCUT2D eigenvalue weighted by Crippen LogP contribution is 2.35. The van der Waals surface area contributed by atoms with Crippen molar-refractivity contribution in [3.05, 3.63) is 28.1 Å². The van der Waals surface area contributed by atoms with Crippen LogP contribution in [0.15, 0.2) is 12.1 Å². The molecule has 1 aromatic carbocycles. The number of aryl methyl sites for hydroxylation is 1. The molecule has 0 bridgehead atoms. The number of methoxy groups -OCH3 is 2. The second kappa shape index (κ2) is 11.3. The molecule has 0 unspecified atom stereocenters. The van der Waals surface area contributed by atoms with Gasteiger partial charge in [-0.1, -0.05) is 0 Å². The maximum Gasteiger partial charge on any atom is 0.291 e. The van der Waals surface area contributed by atoms with Gasteiger partial charge in [-0.15, -0.1) is 10.1 Å². The monoisotopic (exact) mass is 423 g/mol. The lowest BCUT2D eigenvalue weighted by atomic mass is 10.1. The van der Waals surface area contributed by atoms with Crippen LogP contribution in [0.2, 0.25) is 0 Å². The van der Waals surface area contributed by atoms with Gasteiger partial charge in [0.1, 0.15) is 11.6 Å². The fourth-order valence-electron chi connectivity index (χ4n) is 3.42. The molecule has 0 radical (unpaired) electrons. The number of rotatable bonds is 7. The van der Waals surface area contributed by atoms with E-state index in [9.17, 15) is 0 Å². The van der Waals surface area contributed by atoms with Crippen molar-refractivity contribution in [3.8, 4) is 11.5 Å². The number of piperazine rings is 1. The van der Waals surface area contributed by atoms with Gasteiger partial charge >= 0.3 is 0 Å². The van der Waals surface area contributed by atoms with Crippen molar-refractivity contribution in [1.82, 2.24) is 14.9 Å². The molecule has 30 heavy (non-hydrogen) atoms. The lowest BCUT2D eigenvalue weighted by molar-refractivity contribution is -0.742. The van der Waals surface area contributed by atoms with Crippen LogP contribution < -0.4 is 14.4 Å². The molecule has 1 fully saturated rings. The van der Waals surface area contributed by atoms with E-state index in [0.29, 0.717) is 11.5 Å². The summed E-state index contributed by atoms with van der Waals surface area (Å²) in [5, 5.41) is 23.6. The molecular weight excluding hydrogens is 394 g/mol. The first-order valence-corrected chi connectivity index (χ1v) is 9.71. The van der Waals surface area contributed by atoms with Gasteiger partial charge in [-0.05, 0) is 32.4 Å². The van der Waals surface area contributed by atoms with Crippen molar-refractivity contribution < 1.29 is 24.9 Å². The Morgan fingerprint density at radius 2 is 1.70 bits per heavy atom. The van der Waals surface area contributed by atoms with E-state index in [1.807, 2.05) is 19.1 Å². The summed E-state index contributed by atoms with van der Waals surface area (Å²) in [6.45, 7) is 7.11. The molecule has 3 rings (SSSR count). The minimum absolute atomic E-state index is 0.275. The van der Waals surface area contributed by atoms with Crippen LogP contribution in [0.1, 0.15) is 18.7 Å². The first kappa shape index (κ1) is 23.4. The number of fused-ring (bicyclic) bond motifs is 1. The van der Waals surface area contributed by atoms with Crippen molar-refractivity contribution in [3.63, 3.8) is 0 Å². The van der Waals surface area contributed by atoms with E-state index in [-0.39, 0.29) is 6.61 Å². The first-order chi connectivity index (χ1) is 14.4. The molecule has 0 saturated carbocycles. The quantitative estimate of drug-likeness (QED) is 0.383. The number of nitrogens with zero attached hydrogens (tertiary/aromatic N) is 5. The molecule has 2 N–H and O–H groups in total. The summed E-state index contributed by atoms with van der Waals surface area (Å²) < 4.78 is 10.9. The molecule has 166 valence electrons. The van der Waals surface area contributed by atoms with Crippen LogP contribution in [-0.2, 0) is 0 Å². The number of hydrogen-bond donors (Lipinski definition) is 2. The second-order valence-corrected chi connectivity index (χ2v) is 6.82. The van der Waals surface area contributed by atoms with Crippen molar-refractivity contribution in [2.75, 3.05) is 58.5 Å². The Hall–Kier alpha value is -2.92. The van der Waals surface area contributed by atoms with Gasteiger partial charge in [-0.2, -0.15) is 0 Å². The van der Waals surface area contributed by atoms with Gasteiger partial charge in [-0.25, -0.2) is 9.97 Å². The van der Waals surface area contributed by atoms with Crippen LogP contribution in [0.5, 0.6) is 11.5 Å². The average Bonchev–Trinajstić information content (AvgIpc) is 2.72. The van der Waals surface area contributed by atoms with E-state index in [1.54, 1.807) is 14.2 Å². The molecule has 0 atom stereocenters. The fraction of sp³-hybridized carbons (Fsp3) is 0.579. The van der Waals surface area contributed by atoms with Gasteiger partial charge in [0.05, 0.1) is 19.7 Å². The molecule has 0 aliphatic carbocycles. The van der Waals surface area contributed by atoms with E-state index in [2.05, 4.69) is 14.8 Å². The standard InChI is InChI=1S/C19H28N4O3.HNO3/c1-14-20-16-13-18(26-3)17(25-2)12-15(16)19(21-14)23-9-7-22(8-10-23)6-4-5-11-24;2-1(3)4/h12-13,24H,4-11H2,1-3H3;(H,2,3,4). The van der Waals surface area contributed by atoms with E-state index in [0.717, 1.165) is 68.1 Å². The van der Waals surface area contributed by atoms with Crippen LogP contribution in [0.25, 0.3) is 10.9 Å². The summed E-state index contributed by atoms with van der Waals surface area (Å²) in [5.74, 6) is 3.09. The number of aliphatic hydroxyl groups is 1. The van der Waals surface area contributed by atoms with E-state index in [4.69, 9.17) is 34.9 Å². The number of benzene rings is 1. The molecule has 11 heteroatoms. The van der Waals surface area contributed by atoms with Crippen molar-refractivity contribution in [2.24, 2.45) is 0 Å². The largest absolute Gasteiger partial charge is 0.493 e. The minimum Gasteiger partial charge on any atom is -0.493 e. The predicted octanol–water partition coefficient (Wildman–Crippen LogP) is 1.50. The Balaban J connectivity index is 0.000000735. The third-order valence-electron chi connectivity index (χ3n) is 4.85. The van der Waals surface area contributed by atoms with E-state index in [1.165, 1.54) is 0 Å². The molecular formula is C19H29N5O6. The smallest absolute Gasteiger partial charge is 0.291 e. The molecule has 2 aromatic rings. The number of aromatic nitrogens is 2. The summed E-state index contributed by atoms with van der Waals surface area (Å²) >= 11 is 0. The van der Waals surface area contributed by atoms with Crippen molar-refractivity contribution >= 4 is 16.7 Å². The Bertz CT molecular complexity index is 838. The number of aliphatic hydroxyl groups excluding tert-OH is 1. The zero-order valence-electron chi connectivity index (χ0n) is 17.6. The van der Waals surface area contributed by atoms with Crippen LogP contribution >= 0.6 is 0 Å². The highest BCUT2D eigenvalue weighted by atomic mass is 16.9. The van der Waals surface area contributed by atoms with Crippen molar-refractivity contribution in [2.45, 2.75) is 19.8 Å². The number of hydrogen-bond acceptors (Lipinski definition) is 9. The number of ether oxygens (including phenoxy) is 2. The SMILES string of the molecule is COc1cc2nc(C)nc(N3CCN(CCCCO)CC3)c2cc1OC.O=[N+]([O-])O. The summed E-state index contributed by atoms with van der Waals surface area (Å²) in [4.78, 5) is 22.4. The average molecular weight is 423 g/mol. The molecule has 11 nitrogen and oxygen atoms in total. The maximum absolute atomic E-state index is 8.93. The minimum atomic E-state index is -1.50. The third kappa shape index (κ3) is 6.29. The summed E-state index contributed by atoms with van der Waals surface area (Å²) in [6.07, 6.45) is 1.92. The summed E-state index contributed by atoms with van der Waals surface area (Å²) in [7, 11) is 3.28. The van der Waals surface area contributed by atoms with E-state index >= 15 is 0 Å². The lowest BCUT2D eigenvalue weighted by Gasteiger charge is -2.36. The Labute approximate surface area is 175 Å². The lowest BCUT2D eigenvalue weighted by Crippen LogP contribution is -2.47. The second-order valence-electron chi connectivity index (χ2n) is 6.82. The van der Waals surface area contributed by atoms with Crippen LogP contribution in [-0.4, -0.2) is 83.8 Å². The predicted molar refractivity (Wildman–Crippen MR) is 111 cm³/mol. The Kier molecular flexibility index (Phi) is 8.81. The highest BCUT2D eigenvalue weighted by Gasteiger charge is 2.21. The molecule has 1 aliphatic heterocycles. The first-order valence-electron chi connectivity index (χ1n) is 9.71. The van der Waals surface area contributed by atoms with Crippen LogP contribution in [0, 0.1) is 17.0 Å². The zero-order valence-corrected chi connectivity index (χ0v) is 17.6. The molecule has 2 heterocycles.